The lowest BCUT2D eigenvalue weighted by Crippen LogP contribution is -2.71. The number of carboxylic acids is 1. The van der Waals surface area contributed by atoms with Gasteiger partial charge in [0.15, 0.2) is 10.8 Å². The topological polar surface area (TPSA) is 182 Å². The van der Waals surface area contributed by atoms with Crippen molar-refractivity contribution in [3.8, 4) is 0 Å². The number of nitrogens with zero attached hydrogens (tertiary/aromatic N) is 5. The quantitative estimate of drug-likeness (QED) is 0.152. The molecular weight excluding hydrogens is 554 g/mol. The summed E-state index contributed by atoms with van der Waals surface area (Å²) >= 11 is 6.55. The molecule has 1 unspecified atom stereocenters. The molecule has 200 valence electrons. The van der Waals surface area contributed by atoms with Gasteiger partial charge in [0.1, 0.15) is 17.1 Å². The standard InChI is InChI=1S/C22H23N7O6S3/c1-22(2,20(33)34)35-27-13(11-7-38-21(23)25-11)16(30)26-14-17(31)29-15(19(32)36)10(6-37-18(14)29)9-3-4-28-8-24-5-12(9)28/h5,7-9,14,18H,3-4,6H2,1-2H3,(H2,23,25)(H,26,30)(H,32,36)(H,33,34)/t9?,14-,18-/m1/s1. The molecule has 1 saturated heterocycles. The number of rotatable bonds is 8. The van der Waals surface area contributed by atoms with E-state index in [1.54, 1.807) is 12.5 Å². The zero-order chi connectivity index (χ0) is 27.4. The second-order valence-electron chi connectivity index (χ2n) is 9.31. The molecule has 0 aliphatic carbocycles. The minimum Gasteiger partial charge on any atom is -0.478 e. The van der Waals surface area contributed by atoms with Crippen LogP contribution in [-0.4, -0.2) is 75.9 Å². The fourth-order valence-electron chi connectivity index (χ4n) is 4.50. The normalized spacial score (nSPS) is 23.0. The van der Waals surface area contributed by atoms with E-state index in [0.29, 0.717) is 5.75 Å². The van der Waals surface area contributed by atoms with Gasteiger partial charge in [0.2, 0.25) is 10.7 Å². The van der Waals surface area contributed by atoms with E-state index < -0.39 is 39.9 Å². The van der Waals surface area contributed by atoms with Crippen LogP contribution in [0.1, 0.15) is 37.6 Å². The number of anilines is 1. The highest BCUT2D eigenvalue weighted by Crippen LogP contribution is 2.47. The van der Waals surface area contributed by atoms with Crippen LogP contribution in [0.4, 0.5) is 5.13 Å². The Morgan fingerprint density at radius 1 is 1.37 bits per heavy atom. The number of nitrogens with one attached hydrogen (secondary N) is 1. The fourth-order valence-corrected chi connectivity index (χ4v) is 6.72. The Balaban J connectivity index is 1.38. The molecule has 1 fully saturated rings. The molecule has 3 aliphatic heterocycles. The molecule has 0 radical (unpaired) electrons. The number of oxime groups is 1. The number of β-lactam (4-membered cyclic amide) rings is 1. The van der Waals surface area contributed by atoms with E-state index in [9.17, 15) is 24.3 Å². The SMILES string of the molecule is CC(C)(ON=C(C(=O)N[C@@H]1C(=O)N2C(C(=O)S)=C(C3CCn4cncc43)CS[C@H]12)c1csc(N)n1)C(=O)O. The number of imidazole rings is 1. The molecule has 2 amide bonds. The molecule has 2 aromatic rings. The largest absolute Gasteiger partial charge is 0.478 e. The van der Waals surface area contributed by atoms with Crippen LogP contribution in [0.5, 0.6) is 0 Å². The van der Waals surface area contributed by atoms with Gasteiger partial charge in [-0.15, -0.1) is 23.1 Å². The molecule has 2 aromatic heterocycles. The molecule has 13 nitrogen and oxygen atoms in total. The van der Waals surface area contributed by atoms with Gasteiger partial charge in [-0.25, -0.2) is 14.8 Å². The highest BCUT2D eigenvalue weighted by Gasteiger charge is 2.55. The summed E-state index contributed by atoms with van der Waals surface area (Å²) in [6, 6.07) is -0.959. The number of hydrogen-bond donors (Lipinski definition) is 4. The molecule has 5 rings (SSSR count). The van der Waals surface area contributed by atoms with Crippen molar-refractivity contribution in [2.45, 2.75) is 49.7 Å². The highest BCUT2D eigenvalue weighted by molar-refractivity contribution is 8.00. The number of fused-ring (bicyclic) bond motifs is 2. The van der Waals surface area contributed by atoms with Crippen molar-refractivity contribution in [3.63, 3.8) is 0 Å². The van der Waals surface area contributed by atoms with Crippen molar-refractivity contribution < 1.29 is 29.1 Å². The van der Waals surface area contributed by atoms with Crippen LogP contribution < -0.4 is 11.1 Å². The molecule has 38 heavy (non-hydrogen) atoms. The number of aliphatic carboxylic acids is 1. The number of aryl methyl sites for hydroxylation is 1. The number of carbonyl (C=O) groups excluding carboxylic acids is 3. The summed E-state index contributed by atoms with van der Waals surface area (Å²) < 4.78 is 2.02. The van der Waals surface area contributed by atoms with Crippen LogP contribution in [-0.2, 0) is 30.6 Å². The first-order valence-corrected chi connectivity index (χ1v) is 13.8. The van der Waals surface area contributed by atoms with Crippen LogP contribution in [0.15, 0.2) is 34.3 Å². The smallest absolute Gasteiger partial charge is 0.350 e. The van der Waals surface area contributed by atoms with E-state index in [1.807, 2.05) is 4.57 Å². The molecule has 5 heterocycles. The molecule has 0 spiro atoms. The molecule has 3 aliphatic rings. The van der Waals surface area contributed by atoms with Crippen LogP contribution >= 0.6 is 35.7 Å². The summed E-state index contributed by atoms with van der Waals surface area (Å²) in [5.41, 5.74) is 5.74. The summed E-state index contributed by atoms with van der Waals surface area (Å²) in [5.74, 6) is -2.15. The predicted octanol–water partition coefficient (Wildman–Crippen LogP) is 0.804. The molecule has 4 N–H and O–H groups in total. The van der Waals surface area contributed by atoms with E-state index >= 15 is 0 Å². The molecule has 0 saturated carbocycles. The zero-order valence-corrected chi connectivity index (χ0v) is 22.7. The van der Waals surface area contributed by atoms with Crippen molar-refractivity contribution in [3.05, 3.63) is 40.6 Å². The number of nitrogens with two attached hydrogens (primary N) is 1. The van der Waals surface area contributed by atoms with Gasteiger partial charge in [0.05, 0.1) is 12.0 Å². The minimum absolute atomic E-state index is 0.0536. The third-order valence-corrected chi connectivity index (χ3v) is 8.72. The number of hydrogen-bond acceptors (Lipinski definition) is 11. The van der Waals surface area contributed by atoms with E-state index in [0.717, 1.165) is 35.6 Å². The monoisotopic (exact) mass is 577 g/mol. The van der Waals surface area contributed by atoms with Crippen molar-refractivity contribution in [2.24, 2.45) is 5.16 Å². The molecule has 16 heteroatoms. The van der Waals surface area contributed by atoms with Crippen LogP contribution in [0, 0.1) is 0 Å². The average molecular weight is 578 g/mol. The molecule has 3 atom stereocenters. The maximum atomic E-state index is 13.2. The van der Waals surface area contributed by atoms with E-state index in [1.165, 1.54) is 35.9 Å². The van der Waals surface area contributed by atoms with Crippen molar-refractivity contribution in [1.82, 2.24) is 24.8 Å². The second-order valence-corrected chi connectivity index (χ2v) is 11.7. The number of amides is 2. The van der Waals surface area contributed by atoms with Gasteiger partial charge in [-0.05, 0) is 25.8 Å². The lowest BCUT2D eigenvalue weighted by Gasteiger charge is -2.50. The molecular formula is C22H23N7O6S3. The Morgan fingerprint density at radius 3 is 2.79 bits per heavy atom. The van der Waals surface area contributed by atoms with Crippen molar-refractivity contribution in [2.75, 3.05) is 11.5 Å². The van der Waals surface area contributed by atoms with E-state index in [-0.39, 0.29) is 28.2 Å². The lowest BCUT2D eigenvalue weighted by molar-refractivity contribution is -0.161. The Hall–Kier alpha value is -3.37. The van der Waals surface area contributed by atoms with Crippen LogP contribution in [0.25, 0.3) is 0 Å². The molecule has 0 aromatic carbocycles. The predicted molar refractivity (Wildman–Crippen MR) is 141 cm³/mol. The highest BCUT2D eigenvalue weighted by atomic mass is 32.2. The number of thiol groups is 1. The maximum absolute atomic E-state index is 13.2. The summed E-state index contributed by atoms with van der Waals surface area (Å²) in [6.07, 6.45) is 4.30. The number of nitrogen functional groups attached to an aromatic ring is 1. The van der Waals surface area contributed by atoms with Gasteiger partial charge in [-0.1, -0.05) is 17.8 Å². The van der Waals surface area contributed by atoms with Gasteiger partial charge in [0, 0.05) is 35.5 Å². The van der Waals surface area contributed by atoms with Crippen LogP contribution in [0.2, 0.25) is 0 Å². The molecule has 0 bridgehead atoms. The number of thioether (sulfide) groups is 1. The Bertz CT molecular complexity index is 1410. The first kappa shape index (κ1) is 26.2. The average Bonchev–Trinajstić information content (AvgIpc) is 3.59. The minimum atomic E-state index is -1.73. The van der Waals surface area contributed by atoms with Crippen molar-refractivity contribution >= 4 is 69.5 Å². The van der Waals surface area contributed by atoms with Gasteiger partial charge in [-0.3, -0.25) is 19.3 Å². The number of carboxylic acid groups (broad SMARTS) is 1. The van der Waals surface area contributed by atoms with Gasteiger partial charge in [0.25, 0.3) is 11.8 Å². The maximum Gasteiger partial charge on any atom is 0.350 e. The van der Waals surface area contributed by atoms with Crippen LogP contribution in [0.3, 0.4) is 0 Å². The summed E-state index contributed by atoms with van der Waals surface area (Å²) in [6.45, 7) is 3.31. The first-order valence-electron chi connectivity index (χ1n) is 11.4. The summed E-state index contributed by atoms with van der Waals surface area (Å²) in [7, 11) is 0. The number of thiazole rings is 1. The van der Waals surface area contributed by atoms with Gasteiger partial charge < -0.3 is 25.6 Å². The van der Waals surface area contributed by atoms with Gasteiger partial charge >= 0.3 is 5.97 Å². The fraction of sp³-hybridized carbons (Fsp3) is 0.409. The van der Waals surface area contributed by atoms with E-state index in [4.69, 9.17) is 10.6 Å². The second kappa shape index (κ2) is 9.74. The third-order valence-electron chi connectivity index (χ3n) is 6.53. The summed E-state index contributed by atoms with van der Waals surface area (Å²) in [5, 5.41) is 16.3. The van der Waals surface area contributed by atoms with E-state index in [2.05, 4.69) is 33.1 Å². The first-order chi connectivity index (χ1) is 18.0. The number of carbonyl (C=O) groups is 4. The third kappa shape index (κ3) is 4.45. The van der Waals surface area contributed by atoms with Gasteiger partial charge in [-0.2, -0.15) is 0 Å². The van der Waals surface area contributed by atoms with Crippen molar-refractivity contribution in [1.29, 1.82) is 0 Å². The Kier molecular flexibility index (Phi) is 6.73. The number of aromatic nitrogens is 3. The summed E-state index contributed by atoms with van der Waals surface area (Å²) in [4.78, 5) is 65.2. The zero-order valence-electron chi connectivity index (χ0n) is 20.2. The Labute approximate surface area is 229 Å². The lowest BCUT2D eigenvalue weighted by atomic mass is 9.92. The Morgan fingerprint density at radius 2 is 2.13 bits per heavy atom.